The Labute approximate surface area is 83.7 Å². The molecule has 0 fully saturated rings. The van der Waals surface area contributed by atoms with Crippen molar-refractivity contribution in [3.63, 3.8) is 0 Å². The van der Waals surface area contributed by atoms with Gasteiger partial charge in [0.1, 0.15) is 0 Å². The maximum atomic E-state index is 11.2. The van der Waals surface area contributed by atoms with Crippen LogP contribution in [-0.2, 0) is 9.59 Å². The van der Waals surface area contributed by atoms with Gasteiger partial charge in [0.15, 0.2) is 0 Å². The zero-order valence-corrected chi connectivity index (χ0v) is 8.78. The second-order valence-corrected chi connectivity index (χ2v) is 3.75. The van der Waals surface area contributed by atoms with Crippen LogP contribution in [0.1, 0.15) is 27.2 Å². The molecule has 5 heteroatoms. The Balaban J connectivity index is 4.23. The van der Waals surface area contributed by atoms with Crippen molar-refractivity contribution in [2.24, 2.45) is 11.7 Å². The van der Waals surface area contributed by atoms with Crippen LogP contribution in [0.3, 0.4) is 0 Å². The van der Waals surface area contributed by atoms with Crippen molar-refractivity contribution < 1.29 is 14.7 Å². The Morgan fingerprint density at radius 1 is 1.36 bits per heavy atom. The van der Waals surface area contributed by atoms with E-state index in [1.54, 1.807) is 6.92 Å². The van der Waals surface area contributed by atoms with Crippen LogP contribution in [0, 0.1) is 5.92 Å². The molecule has 0 spiro atoms. The SMILES string of the molecule is CC(C)C(CC(=O)O)NC(=O)[C@H](C)N. The third-order valence-electron chi connectivity index (χ3n) is 1.94. The van der Waals surface area contributed by atoms with E-state index < -0.39 is 12.0 Å². The first-order valence-corrected chi connectivity index (χ1v) is 4.62. The number of rotatable bonds is 5. The van der Waals surface area contributed by atoms with E-state index in [-0.39, 0.29) is 24.3 Å². The fraction of sp³-hybridized carbons (Fsp3) is 0.778. The molecule has 0 heterocycles. The number of carboxylic acid groups (broad SMARTS) is 1. The summed E-state index contributed by atoms with van der Waals surface area (Å²) in [5.41, 5.74) is 5.36. The van der Waals surface area contributed by atoms with Crippen molar-refractivity contribution in [1.82, 2.24) is 5.32 Å². The molecule has 0 radical (unpaired) electrons. The fourth-order valence-corrected chi connectivity index (χ4v) is 0.956. The molecule has 0 saturated heterocycles. The topological polar surface area (TPSA) is 92.4 Å². The van der Waals surface area contributed by atoms with E-state index in [1.165, 1.54) is 0 Å². The summed E-state index contributed by atoms with van der Waals surface area (Å²) in [6, 6.07) is -0.962. The number of aliphatic carboxylic acids is 1. The summed E-state index contributed by atoms with van der Waals surface area (Å²) in [6.45, 7) is 5.28. The van der Waals surface area contributed by atoms with Gasteiger partial charge in [0.05, 0.1) is 12.5 Å². The van der Waals surface area contributed by atoms with Crippen LogP contribution in [0.25, 0.3) is 0 Å². The van der Waals surface area contributed by atoms with Crippen LogP contribution in [-0.4, -0.2) is 29.1 Å². The molecule has 0 rings (SSSR count). The van der Waals surface area contributed by atoms with E-state index in [1.807, 2.05) is 13.8 Å². The highest BCUT2D eigenvalue weighted by Crippen LogP contribution is 2.06. The average molecular weight is 202 g/mol. The molecule has 0 aromatic heterocycles. The van der Waals surface area contributed by atoms with Gasteiger partial charge in [-0.25, -0.2) is 0 Å². The number of hydrogen-bond donors (Lipinski definition) is 3. The molecular weight excluding hydrogens is 184 g/mol. The van der Waals surface area contributed by atoms with Gasteiger partial charge in [0, 0.05) is 6.04 Å². The molecule has 0 aromatic rings. The number of amides is 1. The lowest BCUT2D eigenvalue weighted by molar-refractivity contribution is -0.138. The lowest BCUT2D eigenvalue weighted by Crippen LogP contribution is -2.46. The second-order valence-electron chi connectivity index (χ2n) is 3.75. The molecule has 2 atom stereocenters. The Morgan fingerprint density at radius 3 is 2.14 bits per heavy atom. The molecular formula is C9H18N2O3. The average Bonchev–Trinajstić information content (AvgIpc) is 2.01. The minimum atomic E-state index is -0.923. The number of nitrogens with one attached hydrogen (secondary N) is 1. The molecule has 0 aliphatic heterocycles. The highest BCUT2D eigenvalue weighted by atomic mass is 16.4. The van der Waals surface area contributed by atoms with Crippen LogP contribution in [0.2, 0.25) is 0 Å². The number of carboxylic acids is 1. The van der Waals surface area contributed by atoms with E-state index in [0.717, 1.165) is 0 Å². The zero-order valence-electron chi connectivity index (χ0n) is 8.78. The van der Waals surface area contributed by atoms with E-state index in [0.29, 0.717) is 0 Å². The van der Waals surface area contributed by atoms with Crippen molar-refractivity contribution in [2.75, 3.05) is 0 Å². The Hall–Kier alpha value is -1.10. The molecule has 0 aliphatic carbocycles. The van der Waals surface area contributed by atoms with Gasteiger partial charge in [-0.2, -0.15) is 0 Å². The largest absolute Gasteiger partial charge is 0.481 e. The summed E-state index contributed by atoms with van der Waals surface area (Å²) in [7, 11) is 0. The van der Waals surface area contributed by atoms with E-state index >= 15 is 0 Å². The normalized spacial score (nSPS) is 14.9. The van der Waals surface area contributed by atoms with E-state index in [2.05, 4.69) is 5.32 Å². The van der Waals surface area contributed by atoms with Gasteiger partial charge >= 0.3 is 5.97 Å². The second kappa shape index (κ2) is 5.59. The number of nitrogens with two attached hydrogens (primary N) is 1. The van der Waals surface area contributed by atoms with Gasteiger partial charge in [0.25, 0.3) is 0 Å². The molecule has 14 heavy (non-hydrogen) atoms. The van der Waals surface area contributed by atoms with Crippen LogP contribution < -0.4 is 11.1 Å². The summed E-state index contributed by atoms with van der Waals surface area (Å²) >= 11 is 0. The molecule has 4 N–H and O–H groups in total. The van der Waals surface area contributed by atoms with Crippen molar-refractivity contribution in [1.29, 1.82) is 0 Å². The summed E-state index contributed by atoms with van der Waals surface area (Å²) in [4.78, 5) is 21.7. The van der Waals surface area contributed by atoms with E-state index in [9.17, 15) is 9.59 Å². The summed E-state index contributed by atoms with van der Waals surface area (Å²) < 4.78 is 0. The maximum absolute atomic E-state index is 11.2. The highest BCUT2D eigenvalue weighted by molar-refractivity contribution is 5.82. The first kappa shape index (κ1) is 12.9. The van der Waals surface area contributed by atoms with Crippen molar-refractivity contribution in [3.05, 3.63) is 0 Å². The third kappa shape index (κ3) is 4.81. The lowest BCUT2D eigenvalue weighted by atomic mass is 10.0. The molecule has 5 nitrogen and oxygen atoms in total. The third-order valence-corrected chi connectivity index (χ3v) is 1.94. The van der Waals surface area contributed by atoms with Gasteiger partial charge in [-0.1, -0.05) is 13.8 Å². The quantitative estimate of drug-likeness (QED) is 0.582. The lowest BCUT2D eigenvalue weighted by Gasteiger charge is -2.21. The van der Waals surface area contributed by atoms with Gasteiger partial charge in [-0.05, 0) is 12.8 Å². The minimum Gasteiger partial charge on any atom is -0.481 e. The number of carbonyl (C=O) groups excluding carboxylic acids is 1. The van der Waals surface area contributed by atoms with Crippen LogP contribution >= 0.6 is 0 Å². The van der Waals surface area contributed by atoms with Crippen molar-refractivity contribution in [3.8, 4) is 0 Å². The standard InChI is InChI=1S/C9H18N2O3/c1-5(2)7(4-8(12)13)11-9(14)6(3)10/h5-7H,4,10H2,1-3H3,(H,11,14)(H,12,13)/t6-,7?/m0/s1. The number of carbonyl (C=O) groups is 2. The predicted molar refractivity (Wildman–Crippen MR) is 52.7 cm³/mol. The molecule has 1 unspecified atom stereocenters. The summed E-state index contributed by atoms with van der Waals surface area (Å²) in [6.07, 6.45) is -0.0733. The Bertz CT molecular complexity index is 214. The molecule has 0 aliphatic rings. The van der Waals surface area contributed by atoms with Gasteiger partial charge < -0.3 is 16.2 Å². The molecule has 0 bridgehead atoms. The highest BCUT2D eigenvalue weighted by Gasteiger charge is 2.20. The van der Waals surface area contributed by atoms with Crippen LogP contribution in [0.15, 0.2) is 0 Å². The fourth-order valence-electron chi connectivity index (χ4n) is 0.956. The predicted octanol–water partition coefficient (Wildman–Crippen LogP) is -0.0509. The van der Waals surface area contributed by atoms with Crippen molar-refractivity contribution in [2.45, 2.75) is 39.3 Å². The van der Waals surface area contributed by atoms with Gasteiger partial charge in [0.2, 0.25) is 5.91 Å². The minimum absolute atomic E-state index is 0.0733. The summed E-state index contributed by atoms with van der Waals surface area (Å²) in [5.74, 6) is -1.16. The monoisotopic (exact) mass is 202 g/mol. The van der Waals surface area contributed by atoms with Crippen molar-refractivity contribution >= 4 is 11.9 Å². The smallest absolute Gasteiger partial charge is 0.305 e. The summed E-state index contributed by atoms with van der Waals surface area (Å²) in [5, 5.41) is 11.2. The Morgan fingerprint density at radius 2 is 1.86 bits per heavy atom. The number of hydrogen-bond acceptors (Lipinski definition) is 3. The molecule has 0 saturated carbocycles. The molecule has 82 valence electrons. The van der Waals surface area contributed by atoms with Crippen LogP contribution in [0.4, 0.5) is 0 Å². The molecule has 1 amide bonds. The van der Waals surface area contributed by atoms with Gasteiger partial charge in [-0.15, -0.1) is 0 Å². The van der Waals surface area contributed by atoms with E-state index in [4.69, 9.17) is 10.8 Å². The van der Waals surface area contributed by atoms with Gasteiger partial charge in [-0.3, -0.25) is 9.59 Å². The maximum Gasteiger partial charge on any atom is 0.305 e. The zero-order chi connectivity index (χ0) is 11.3. The Kier molecular flexibility index (Phi) is 5.15. The first-order valence-electron chi connectivity index (χ1n) is 4.62. The van der Waals surface area contributed by atoms with Crippen LogP contribution in [0.5, 0.6) is 0 Å². The first-order chi connectivity index (χ1) is 6.34. The molecule has 0 aromatic carbocycles.